The van der Waals surface area contributed by atoms with Gasteiger partial charge in [0.2, 0.25) is 0 Å². The zero-order chi connectivity index (χ0) is 9.80. The van der Waals surface area contributed by atoms with Gasteiger partial charge in [-0.05, 0) is 16.8 Å². The van der Waals surface area contributed by atoms with Gasteiger partial charge in [0.25, 0.3) is 0 Å². The number of benzene rings is 2. The van der Waals surface area contributed by atoms with E-state index in [1.165, 1.54) is 15.7 Å². The highest BCUT2D eigenvalue weighted by atomic mass is 32.2. The van der Waals surface area contributed by atoms with E-state index in [-0.39, 0.29) is 0 Å². The van der Waals surface area contributed by atoms with Gasteiger partial charge in [0.05, 0.1) is 5.94 Å². The smallest absolute Gasteiger partial charge is 0.0963 e. The van der Waals surface area contributed by atoms with Crippen LogP contribution in [-0.2, 0) is 4.74 Å². The van der Waals surface area contributed by atoms with E-state index in [9.17, 15) is 0 Å². The molecule has 0 atom stereocenters. The third-order valence-corrected chi connectivity index (χ3v) is 3.10. The van der Waals surface area contributed by atoms with Gasteiger partial charge in [0.15, 0.2) is 0 Å². The Morgan fingerprint density at radius 3 is 2.71 bits per heavy atom. The van der Waals surface area contributed by atoms with Crippen molar-refractivity contribution in [1.29, 1.82) is 0 Å². The van der Waals surface area contributed by atoms with Crippen LogP contribution >= 0.6 is 11.8 Å². The Labute approximate surface area is 88.1 Å². The number of methoxy groups -OCH3 is 1. The highest BCUT2D eigenvalue weighted by molar-refractivity contribution is 7.99. The standard InChI is InChI=1S/C12H12OS/c1-13-9-14-12-8-4-6-10-5-2-3-7-11(10)12/h2-8H,9H2,1H3. The molecule has 0 amide bonds. The lowest BCUT2D eigenvalue weighted by molar-refractivity contribution is 0.259. The number of hydrogen-bond acceptors (Lipinski definition) is 2. The van der Waals surface area contributed by atoms with Crippen LogP contribution < -0.4 is 0 Å². The number of thioether (sulfide) groups is 1. The Morgan fingerprint density at radius 2 is 1.86 bits per heavy atom. The topological polar surface area (TPSA) is 9.23 Å². The fourth-order valence-electron chi connectivity index (χ4n) is 1.44. The highest BCUT2D eigenvalue weighted by Crippen LogP contribution is 2.27. The van der Waals surface area contributed by atoms with Crippen molar-refractivity contribution in [3.8, 4) is 0 Å². The first-order valence-electron chi connectivity index (χ1n) is 4.51. The summed E-state index contributed by atoms with van der Waals surface area (Å²) in [6.07, 6.45) is 0. The number of hydrogen-bond donors (Lipinski definition) is 0. The zero-order valence-corrected chi connectivity index (χ0v) is 8.88. The van der Waals surface area contributed by atoms with Crippen molar-refractivity contribution in [3.05, 3.63) is 42.5 Å². The summed E-state index contributed by atoms with van der Waals surface area (Å²) in [6, 6.07) is 14.8. The van der Waals surface area contributed by atoms with Gasteiger partial charge in [-0.2, -0.15) is 0 Å². The molecule has 0 aliphatic heterocycles. The van der Waals surface area contributed by atoms with Crippen LogP contribution in [0, 0.1) is 0 Å². The first-order chi connectivity index (χ1) is 6.92. The summed E-state index contributed by atoms with van der Waals surface area (Å²) in [5.41, 5.74) is 0. The lowest BCUT2D eigenvalue weighted by Crippen LogP contribution is -1.82. The Morgan fingerprint density at radius 1 is 1.07 bits per heavy atom. The van der Waals surface area contributed by atoms with Gasteiger partial charge in [-0.25, -0.2) is 0 Å². The third-order valence-electron chi connectivity index (χ3n) is 2.08. The van der Waals surface area contributed by atoms with Crippen LogP contribution in [0.2, 0.25) is 0 Å². The second kappa shape index (κ2) is 4.49. The molecule has 2 aromatic rings. The summed E-state index contributed by atoms with van der Waals surface area (Å²) in [6.45, 7) is 0. The second-order valence-corrected chi connectivity index (χ2v) is 3.99. The maximum Gasteiger partial charge on any atom is 0.0963 e. The molecule has 14 heavy (non-hydrogen) atoms. The van der Waals surface area contributed by atoms with Crippen LogP contribution in [-0.4, -0.2) is 13.0 Å². The molecule has 0 aliphatic carbocycles. The maximum absolute atomic E-state index is 5.06. The van der Waals surface area contributed by atoms with Crippen molar-refractivity contribution < 1.29 is 4.74 Å². The molecule has 0 N–H and O–H groups in total. The van der Waals surface area contributed by atoms with Gasteiger partial charge in [-0.1, -0.05) is 48.2 Å². The van der Waals surface area contributed by atoms with Crippen molar-refractivity contribution in [2.45, 2.75) is 4.90 Å². The average Bonchev–Trinajstić information content (AvgIpc) is 2.26. The summed E-state index contributed by atoms with van der Waals surface area (Å²) in [4.78, 5) is 1.28. The molecule has 0 radical (unpaired) electrons. The fraction of sp³-hybridized carbons (Fsp3) is 0.167. The molecule has 0 fully saturated rings. The fourth-order valence-corrected chi connectivity index (χ4v) is 2.20. The molecular formula is C12H12OS. The van der Waals surface area contributed by atoms with E-state index in [2.05, 4.69) is 42.5 Å². The summed E-state index contributed by atoms with van der Waals surface area (Å²) in [5.74, 6) is 0.702. The van der Waals surface area contributed by atoms with Gasteiger partial charge in [0, 0.05) is 12.0 Å². The zero-order valence-electron chi connectivity index (χ0n) is 8.07. The van der Waals surface area contributed by atoms with E-state index in [0.29, 0.717) is 5.94 Å². The minimum absolute atomic E-state index is 0.702. The first kappa shape index (κ1) is 9.56. The minimum Gasteiger partial charge on any atom is -0.374 e. The molecule has 0 aromatic heterocycles. The maximum atomic E-state index is 5.06. The van der Waals surface area contributed by atoms with E-state index in [0.717, 1.165) is 0 Å². The first-order valence-corrected chi connectivity index (χ1v) is 5.50. The quantitative estimate of drug-likeness (QED) is 0.558. The van der Waals surface area contributed by atoms with Crippen LogP contribution in [0.15, 0.2) is 47.4 Å². The van der Waals surface area contributed by atoms with Gasteiger partial charge in [-0.3, -0.25) is 0 Å². The molecule has 2 aromatic carbocycles. The Bertz CT molecular complexity index is 420. The molecule has 0 bridgehead atoms. The summed E-state index contributed by atoms with van der Waals surface area (Å²) < 4.78 is 5.06. The lowest BCUT2D eigenvalue weighted by Gasteiger charge is -2.04. The Hall–Kier alpha value is -0.990. The monoisotopic (exact) mass is 204 g/mol. The van der Waals surface area contributed by atoms with E-state index in [1.54, 1.807) is 18.9 Å². The van der Waals surface area contributed by atoms with E-state index in [1.807, 2.05) is 0 Å². The largest absolute Gasteiger partial charge is 0.374 e. The Balaban J connectivity index is 2.43. The van der Waals surface area contributed by atoms with Gasteiger partial charge in [-0.15, -0.1) is 0 Å². The van der Waals surface area contributed by atoms with Gasteiger partial charge >= 0.3 is 0 Å². The summed E-state index contributed by atoms with van der Waals surface area (Å²) in [7, 11) is 1.72. The van der Waals surface area contributed by atoms with Crippen molar-refractivity contribution in [1.82, 2.24) is 0 Å². The average molecular weight is 204 g/mol. The number of fused-ring (bicyclic) bond motifs is 1. The van der Waals surface area contributed by atoms with Gasteiger partial charge < -0.3 is 4.74 Å². The van der Waals surface area contributed by atoms with E-state index in [4.69, 9.17) is 4.74 Å². The van der Waals surface area contributed by atoms with Crippen molar-refractivity contribution >= 4 is 22.5 Å². The SMILES string of the molecule is COCSc1cccc2ccccc12. The van der Waals surface area contributed by atoms with E-state index >= 15 is 0 Å². The number of ether oxygens (including phenoxy) is 1. The molecular weight excluding hydrogens is 192 g/mol. The molecule has 0 spiro atoms. The second-order valence-electron chi connectivity index (χ2n) is 3.03. The molecule has 0 unspecified atom stereocenters. The molecule has 2 rings (SSSR count). The minimum atomic E-state index is 0.702. The summed E-state index contributed by atoms with van der Waals surface area (Å²) in [5, 5.41) is 2.59. The molecule has 1 nitrogen and oxygen atoms in total. The van der Waals surface area contributed by atoms with Crippen molar-refractivity contribution in [2.24, 2.45) is 0 Å². The summed E-state index contributed by atoms with van der Waals surface area (Å²) >= 11 is 1.73. The van der Waals surface area contributed by atoms with Crippen molar-refractivity contribution in [3.63, 3.8) is 0 Å². The molecule has 0 saturated heterocycles. The molecule has 0 aliphatic rings. The van der Waals surface area contributed by atoms with Crippen LogP contribution in [0.5, 0.6) is 0 Å². The van der Waals surface area contributed by atoms with Gasteiger partial charge in [0.1, 0.15) is 0 Å². The van der Waals surface area contributed by atoms with Crippen molar-refractivity contribution in [2.75, 3.05) is 13.0 Å². The van der Waals surface area contributed by atoms with Crippen LogP contribution in [0.3, 0.4) is 0 Å². The normalized spacial score (nSPS) is 10.6. The van der Waals surface area contributed by atoms with Crippen LogP contribution in [0.25, 0.3) is 10.8 Å². The molecule has 2 heteroatoms. The predicted molar refractivity (Wildman–Crippen MR) is 61.7 cm³/mol. The third kappa shape index (κ3) is 1.91. The van der Waals surface area contributed by atoms with Crippen LogP contribution in [0.1, 0.15) is 0 Å². The highest BCUT2D eigenvalue weighted by Gasteiger charge is 1.99. The van der Waals surface area contributed by atoms with Crippen LogP contribution in [0.4, 0.5) is 0 Å². The molecule has 72 valence electrons. The predicted octanol–water partition coefficient (Wildman–Crippen LogP) is 3.54. The molecule has 0 heterocycles. The molecule has 0 saturated carbocycles. The van der Waals surface area contributed by atoms with E-state index < -0.39 is 0 Å². The lowest BCUT2D eigenvalue weighted by atomic mass is 10.1. The number of rotatable bonds is 3. The Kier molecular flexibility index (Phi) is 3.07.